The Morgan fingerprint density at radius 3 is 2.42 bits per heavy atom. The smallest absolute Gasteiger partial charge is 0.410 e. The molecule has 2 aromatic carbocycles. The van der Waals surface area contributed by atoms with Crippen LogP contribution in [0.1, 0.15) is 16.8 Å². The van der Waals surface area contributed by atoms with Gasteiger partial charge in [-0.3, -0.25) is 14.5 Å². The maximum atomic E-state index is 13.0. The maximum Gasteiger partial charge on any atom is 0.410 e. The fourth-order valence-corrected chi connectivity index (χ4v) is 5.52. The highest BCUT2D eigenvalue weighted by molar-refractivity contribution is 7.93. The highest BCUT2D eigenvalue weighted by atomic mass is 32.2. The molecule has 1 aromatic heterocycles. The number of nitrogens with zero attached hydrogens (tertiary/aromatic N) is 3. The van der Waals surface area contributed by atoms with Gasteiger partial charge in [0.1, 0.15) is 11.0 Å². The number of benzene rings is 2. The Labute approximate surface area is 208 Å². The number of sulfonamides is 1. The second-order valence-electron chi connectivity index (χ2n) is 8.66. The van der Waals surface area contributed by atoms with Crippen molar-refractivity contribution < 1.29 is 27.5 Å². The predicted octanol–water partition coefficient (Wildman–Crippen LogP) is 2.72. The number of nitrogens with one attached hydrogen (secondary N) is 1. The molecule has 1 atom stereocenters. The van der Waals surface area contributed by atoms with Crippen molar-refractivity contribution in [3.63, 3.8) is 0 Å². The summed E-state index contributed by atoms with van der Waals surface area (Å²) in [5, 5.41) is 0.724. The number of anilines is 1. The fourth-order valence-electron chi connectivity index (χ4n) is 4.28. The first-order valence-corrected chi connectivity index (χ1v) is 13.2. The molecule has 0 saturated carbocycles. The van der Waals surface area contributed by atoms with E-state index in [-0.39, 0.29) is 23.0 Å². The predicted molar refractivity (Wildman–Crippen MR) is 132 cm³/mol. The van der Waals surface area contributed by atoms with Crippen LogP contribution in [-0.4, -0.2) is 80.7 Å². The van der Waals surface area contributed by atoms with Crippen LogP contribution in [0.5, 0.6) is 0 Å². The van der Waals surface area contributed by atoms with Crippen molar-refractivity contribution in [2.24, 2.45) is 0 Å². The molecule has 2 aliphatic rings. The first-order valence-electron chi connectivity index (χ1n) is 11.7. The van der Waals surface area contributed by atoms with Crippen molar-refractivity contribution in [2.45, 2.75) is 17.4 Å². The third-order valence-corrected chi connectivity index (χ3v) is 7.66. The highest BCUT2D eigenvalue weighted by Gasteiger charge is 2.28. The molecule has 2 aliphatic heterocycles. The first kappa shape index (κ1) is 24.0. The summed E-state index contributed by atoms with van der Waals surface area (Å²) >= 11 is 0. The van der Waals surface area contributed by atoms with Gasteiger partial charge in [0.05, 0.1) is 18.7 Å². The number of carbonyl (C=O) groups is 2. The minimum atomic E-state index is -3.88. The average Bonchev–Trinajstić information content (AvgIpc) is 3.41. The van der Waals surface area contributed by atoms with Crippen molar-refractivity contribution >= 4 is 38.6 Å². The summed E-state index contributed by atoms with van der Waals surface area (Å²) in [6, 6.07) is 14.8. The number of aromatic nitrogens is 1. The maximum absolute atomic E-state index is 13.0. The second-order valence-corrected chi connectivity index (χ2v) is 10.3. The zero-order chi connectivity index (χ0) is 25.1. The van der Waals surface area contributed by atoms with Crippen molar-refractivity contribution in [3.8, 4) is 0 Å². The Morgan fingerprint density at radius 2 is 1.69 bits per heavy atom. The molecule has 188 valence electrons. The molecule has 2 fully saturated rings. The number of rotatable bonds is 5. The van der Waals surface area contributed by atoms with Crippen LogP contribution >= 0.6 is 0 Å². The van der Waals surface area contributed by atoms with Crippen LogP contribution in [0.2, 0.25) is 0 Å². The van der Waals surface area contributed by atoms with Gasteiger partial charge in [0, 0.05) is 55.4 Å². The molecular formula is C25H26N4O6S. The molecule has 0 unspecified atom stereocenters. The van der Waals surface area contributed by atoms with Gasteiger partial charge in [-0.2, -0.15) is 0 Å². The number of hydrogen-bond donors (Lipinski definition) is 1. The summed E-state index contributed by atoms with van der Waals surface area (Å²) in [4.78, 5) is 32.8. The zero-order valence-corrected chi connectivity index (χ0v) is 20.3. The van der Waals surface area contributed by atoms with Crippen LogP contribution in [0.15, 0.2) is 65.7 Å². The summed E-state index contributed by atoms with van der Waals surface area (Å²) < 4.78 is 39.2. The topological polar surface area (TPSA) is 118 Å². The summed E-state index contributed by atoms with van der Waals surface area (Å²) in [6.07, 6.45) is 1.67. The van der Waals surface area contributed by atoms with E-state index in [2.05, 4.69) is 9.71 Å². The Kier molecular flexibility index (Phi) is 6.75. The molecule has 0 radical (unpaired) electrons. The van der Waals surface area contributed by atoms with E-state index in [1.54, 1.807) is 64.5 Å². The van der Waals surface area contributed by atoms with Gasteiger partial charge in [-0.15, -0.1) is 0 Å². The monoisotopic (exact) mass is 510 g/mol. The highest BCUT2D eigenvalue weighted by Crippen LogP contribution is 2.24. The number of amides is 2. The largest absolute Gasteiger partial charge is 0.444 e. The number of hydrogen-bond acceptors (Lipinski definition) is 7. The van der Waals surface area contributed by atoms with E-state index in [0.29, 0.717) is 62.6 Å². The Morgan fingerprint density at radius 1 is 0.972 bits per heavy atom. The molecule has 10 nitrogen and oxygen atoms in total. The number of fused-ring (bicyclic) bond motifs is 1. The summed E-state index contributed by atoms with van der Waals surface area (Å²) in [5.74, 6) is -0.181. The van der Waals surface area contributed by atoms with Crippen LogP contribution in [0, 0.1) is 0 Å². The normalized spacial score (nSPS) is 18.3. The van der Waals surface area contributed by atoms with Crippen LogP contribution in [0.4, 0.5) is 10.5 Å². The van der Waals surface area contributed by atoms with Crippen LogP contribution in [0.25, 0.3) is 10.9 Å². The van der Waals surface area contributed by atoms with Gasteiger partial charge in [-0.1, -0.05) is 18.2 Å². The molecule has 0 bridgehead atoms. The third kappa shape index (κ3) is 5.12. The van der Waals surface area contributed by atoms with Crippen molar-refractivity contribution in [1.82, 2.24) is 14.8 Å². The van der Waals surface area contributed by atoms with E-state index >= 15 is 0 Å². The summed E-state index contributed by atoms with van der Waals surface area (Å²) in [7, 11) is -3.88. The SMILES string of the molecule is O=C(O[C@H]1CCOC1)N1CCN(C(=O)c2ccc(NS(=O)(=O)c3cccc4cccnc34)cc2)CC1. The van der Waals surface area contributed by atoms with E-state index in [9.17, 15) is 18.0 Å². The molecule has 36 heavy (non-hydrogen) atoms. The third-order valence-electron chi connectivity index (χ3n) is 6.25. The average molecular weight is 511 g/mol. The number of para-hydroxylation sites is 1. The number of carbonyl (C=O) groups excluding carboxylic acids is 2. The fraction of sp³-hybridized carbons (Fsp3) is 0.320. The van der Waals surface area contributed by atoms with Crippen LogP contribution in [0.3, 0.4) is 0 Å². The van der Waals surface area contributed by atoms with E-state index in [1.807, 2.05) is 0 Å². The lowest BCUT2D eigenvalue weighted by Crippen LogP contribution is -2.51. The molecule has 11 heteroatoms. The lowest BCUT2D eigenvalue weighted by atomic mass is 10.1. The lowest BCUT2D eigenvalue weighted by molar-refractivity contribution is 0.0370. The van der Waals surface area contributed by atoms with Gasteiger partial charge < -0.3 is 19.3 Å². The first-order chi connectivity index (χ1) is 17.4. The van der Waals surface area contributed by atoms with Gasteiger partial charge in [0.2, 0.25) is 0 Å². The van der Waals surface area contributed by atoms with Gasteiger partial charge in [-0.25, -0.2) is 13.2 Å². The Balaban J connectivity index is 1.20. The van der Waals surface area contributed by atoms with E-state index < -0.39 is 10.0 Å². The number of pyridine rings is 1. The molecule has 0 aliphatic carbocycles. The van der Waals surface area contributed by atoms with Crippen molar-refractivity contribution in [2.75, 3.05) is 44.1 Å². The molecular weight excluding hydrogens is 484 g/mol. The van der Waals surface area contributed by atoms with E-state index in [0.717, 1.165) is 5.39 Å². The second kappa shape index (κ2) is 10.1. The van der Waals surface area contributed by atoms with Gasteiger partial charge in [0.25, 0.3) is 15.9 Å². The quantitative estimate of drug-likeness (QED) is 0.561. The zero-order valence-electron chi connectivity index (χ0n) is 19.5. The molecule has 1 N–H and O–H groups in total. The van der Waals surface area contributed by atoms with Crippen molar-refractivity contribution in [3.05, 3.63) is 66.4 Å². The standard InChI is InChI=1S/C25H26N4O6S/c30-24(28-12-14-29(15-13-28)25(31)35-21-10-16-34-17-21)19-6-8-20(9-7-19)27-36(32,33)22-5-1-3-18-4-2-11-26-23(18)22/h1-9,11,21,27H,10,12-17H2/t21-/m0/s1. The van der Waals surface area contributed by atoms with E-state index in [4.69, 9.17) is 9.47 Å². The molecule has 0 spiro atoms. The summed E-state index contributed by atoms with van der Waals surface area (Å²) in [6.45, 7) is 2.56. The van der Waals surface area contributed by atoms with Crippen LogP contribution in [-0.2, 0) is 19.5 Å². The van der Waals surface area contributed by atoms with Crippen LogP contribution < -0.4 is 4.72 Å². The number of piperazine rings is 1. The van der Waals surface area contributed by atoms with Crippen molar-refractivity contribution in [1.29, 1.82) is 0 Å². The van der Waals surface area contributed by atoms with Gasteiger partial charge in [-0.05, 0) is 36.4 Å². The minimum absolute atomic E-state index is 0.0811. The van der Waals surface area contributed by atoms with Gasteiger partial charge >= 0.3 is 6.09 Å². The lowest BCUT2D eigenvalue weighted by Gasteiger charge is -2.34. The summed E-state index contributed by atoms with van der Waals surface area (Å²) in [5.41, 5.74) is 1.16. The molecule has 2 amide bonds. The molecule has 5 rings (SSSR count). The van der Waals surface area contributed by atoms with Gasteiger partial charge in [0.15, 0.2) is 0 Å². The Bertz CT molecular complexity index is 1360. The number of ether oxygens (including phenoxy) is 2. The minimum Gasteiger partial charge on any atom is -0.444 e. The molecule has 3 heterocycles. The Hall–Kier alpha value is -3.70. The molecule has 3 aromatic rings. The van der Waals surface area contributed by atoms with E-state index in [1.165, 1.54) is 6.07 Å². The molecule has 2 saturated heterocycles.